The average Bonchev–Trinajstić information content (AvgIpc) is 3.14. The van der Waals surface area contributed by atoms with Crippen LogP contribution < -0.4 is 5.32 Å². The summed E-state index contributed by atoms with van der Waals surface area (Å²) in [6.07, 6.45) is 2.46. The molecule has 0 radical (unpaired) electrons. The van der Waals surface area contributed by atoms with E-state index in [2.05, 4.69) is 15.3 Å². The van der Waals surface area contributed by atoms with Crippen LogP contribution in [0, 0.1) is 12.7 Å². The molecule has 1 unspecified atom stereocenters. The SMILES string of the molecule is Cc1csc(C(C)C(=O)NCCc2c[nH]c3cc(F)c(Cl)cc23)n1. The molecule has 126 valence electrons. The summed E-state index contributed by atoms with van der Waals surface area (Å²) >= 11 is 7.34. The highest BCUT2D eigenvalue weighted by Crippen LogP contribution is 2.25. The van der Waals surface area contributed by atoms with Crippen LogP contribution in [0.25, 0.3) is 10.9 Å². The van der Waals surface area contributed by atoms with Gasteiger partial charge >= 0.3 is 0 Å². The molecule has 7 heteroatoms. The third-order valence-electron chi connectivity index (χ3n) is 3.90. The number of carbonyl (C=O) groups is 1. The molecule has 2 aromatic heterocycles. The van der Waals surface area contributed by atoms with E-state index in [1.165, 1.54) is 17.4 Å². The van der Waals surface area contributed by atoms with Gasteiger partial charge in [-0.15, -0.1) is 11.3 Å². The van der Waals surface area contributed by atoms with Gasteiger partial charge in [-0.25, -0.2) is 9.37 Å². The first-order valence-electron chi connectivity index (χ1n) is 7.60. The average molecular weight is 366 g/mol. The second-order valence-electron chi connectivity index (χ2n) is 5.72. The van der Waals surface area contributed by atoms with Crippen molar-refractivity contribution >= 4 is 39.7 Å². The Balaban J connectivity index is 1.62. The number of benzene rings is 1. The summed E-state index contributed by atoms with van der Waals surface area (Å²) in [5.41, 5.74) is 2.62. The largest absolute Gasteiger partial charge is 0.361 e. The number of nitrogens with one attached hydrogen (secondary N) is 2. The number of halogens is 2. The Morgan fingerprint density at radius 3 is 3.00 bits per heavy atom. The van der Waals surface area contributed by atoms with Crippen LogP contribution in [0.5, 0.6) is 0 Å². The van der Waals surface area contributed by atoms with Crippen LogP contribution in [0.3, 0.4) is 0 Å². The second-order valence-corrected chi connectivity index (χ2v) is 7.01. The van der Waals surface area contributed by atoms with E-state index in [1.54, 1.807) is 6.07 Å². The molecule has 2 N–H and O–H groups in total. The molecule has 1 amide bonds. The van der Waals surface area contributed by atoms with E-state index in [-0.39, 0.29) is 16.8 Å². The zero-order valence-corrected chi connectivity index (χ0v) is 14.9. The lowest BCUT2D eigenvalue weighted by Gasteiger charge is -2.09. The zero-order chi connectivity index (χ0) is 17.3. The molecule has 0 fully saturated rings. The Labute approximate surface area is 148 Å². The third kappa shape index (κ3) is 3.44. The van der Waals surface area contributed by atoms with Crippen molar-refractivity contribution in [3.8, 4) is 0 Å². The van der Waals surface area contributed by atoms with Crippen molar-refractivity contribution < 1.29 is 9.18 Å². The Morgan fingerprint density at radius 2 is 2.29 bits per heavy atom. The maximum absolute atomic E-state index is 13.5. The molecule has 0 saturated carbocycles. The highest BCUT2D eigenvalue weighted by atomic mass is 35.5. The van der Waals surface area contributed by atoms with E-state index in [9.17, 15) is 9.18 Å². The Bertz CT molecular complexity index is 889. The highest BCUT2D eigenvalue weighted by Gasteiger charge is 2.18. The number of fused-ring (bicyclic) bond motifs is 1. The lowest BCUT2D eigenvalue weighted by molar-refractivity contribution is -0.122. The summed E-state index contributed by atoms with van der Waals surface area (Å²) < 4.78 is 13.5. The minimum Gasteiger partial charge on any atom is -0.361 e. The number of aryl methyl sites for hydroxylation is 1. The zero-order valence-electron chi connectivity index (χ0n) is 13.3. The summed E-state index contributed by atoms with van der Waals surface area (Å²) in [5.74, 6) is -0.762. The molecule has 1 atom stereocenters. The van der Waals surface area contributed by atoms with E-state index in [0.29, 0.717) is 18.5 Å². The predicted octanol–water partition coefficient (Wildman–Crippen LogP) is 4.19. The number of carbonyl (C=O) groups excluding carboxylic acids is 1. The van der Waals surface area contributed by atoms with E-state index >= 15 is 0 Å². The maximum Gasteiger partial charge on any atom is 0.229 e. The first-order chi connectivity index (χ1) is 11.5. The van der Waals surface area contributed by atoms with Crippen LogP contribution in [0.1, 0.15) is 29.1 Å². The monoisotopic (exact) mass is 365 g/mol. The minimum absolute atomic E-state index is 0.0479. The summed E-state index contributed by atoms with van der Waals surface area (Å²) in [6.45, 7) is 4.26. The topological polar surface area (TPSA) is 57.8 Å². The molecule has 0 aliphatic rings. The fourth-order valence-corrected chi connectivity index (χ4v) is 3.55. The quantitative estimate of drug-likeness (QED) is 0.712. The molecule has 3 rings (SSSR count). The molecule has 0 aliphatic heterocycles. The van der Waals surface area contributed by atoms with Gasteiger partial charge in [-0.3, -0.25) is 4.79 Å². The Kier molecular flexibility index (Phi) is 4.87. The van der Waals surface area contributed by atoms with Crippen molar-refractivity contribution in [2.45, 2.75) is 26.2 Å². The standard InChI is InChI=1S/C17H17ClFN3OS/c1-9-8-24-17(22-9)10(2)16(23)20-4-3-11-7-21-15-6-14(19)13(18)5-12(11)15/h5-8,10,21H,3-4H2,1-2H3,(H,20,23). The van der Waals surface area contributed by atoms with Crippen molar-refractivity contribution in [1.29, 1.82) is 0 Å². The van der Waals surface area contributed by atoms with Crippen molar-refractivity contribution in [2.75, 3.05) is 6.54 Å². The second kappa shape index (κ2) is 6.91. The Morgan fingerprint density at radius 1 is 1.50 bits per heavy atom. The molecule has 24 heavy (non-hydrogen) atoms. The maximum atomic E-state index is 13.5. The first-order valence-corrected chi connectivity index (χ1v) is 8.86. The first kappa shape index (κ1) is 16.9. The van der Waals surface area contributed by atoms with Crippen molar-refractivity contribution in [2.24, 2.45) is 0 Å². The number of nitrogens with zero attached hydrogens (tertiary/aromatic N) is 1. The summed E-state index contributed by atoms with van der Waals surface area (Å²) in [7, 11) is 0. The van der Waals surface area contributed by atoms with Gasteiger partial charge in [0.2, 0.25) is 5.91 Å². The van der Waals surface area contributed by atoms with E-state index in [0.717, 1.165) is 21.7 Å². The van der Waals surface area contributed by atoms with Crippen LogP contribution >= 0.6 is 22.9 Å². The number of H-pyrrole nitrogens is 1. The minimum atomic E-state index is -0.446. The number of hydrogen-bond acceptors (Lipinski definition) is 3. The van der Waals surface area contributed by atoms with Gasteiger partial charge < -0.3 is 10.3 Å². The van der Waals surface area contributed by atoms with Gasteiger partial charge in [0.25, 0.3) is 0 Å². The van der Waals surface area contributed by atoms with E-state index < -0.39 is 5.82 Å². The third-order valence-corrected chi connectivity index (χ3v) is 5.34. The smallest absolute Gasteiger partial charge is 0.229 e. The van der Waals surface area contributed by atoms with Gasteiger partial charge in [0.05, 0.1) is 10.9 Å². The van der Waals surface area contributed by atoms with Gasteiger partial charge in [-0.2, -0.15) is 0 Å². The van der Waals surface area contributed by atoms with Crippen LogP contribution in [-0.4, -0.2) is 22.4 Å². The van der Waals surface area contributed by atoms with Gasteiger partial charge in [0.15, 0.2) is 0 Å². The molecular formula is C17H17ClFN3OS. The molecule has 1 aromatic carbocycles. The normalized spacial score (nSPS) is 12.5. The molecular weight excluding hydrogens is 349 g/mol. The summed E-state index contributed by atoms with van der Waals surface area (Å²) in [6, 6.07) is 2.99. The predicted molar refractivity (Wildman–Crippen MR) is 95.2 cm³/mol. The van der Waals surface area contributed by atoms with Crippen molar-refractivity contribution in [3.63, 3.8) is 0 Å². The molecule has 0 aliphatic carbocycles. The van der Waals surface area contributed by atoms with Gasteiger partial charge in [0, 0.05) is 34.7 Å². The Hall–Kier alpha value is -1.92. The van der Waals surface area contributed by atoms with Crippen LogP contribution in [0.2, 0.25) is 5.02 Å². The molecule has 0 spiro atoms. The number of amides is 1. The molecule has 0 bridgehead atoms. The number of aromatic amines is 1. The molecule has 0 saturated heterocycles. The van der Waals surface area contributed by atoms with Gasteiger partial charge in [0.1, 0.15) is 10.8 Å². The molecule has 2 heterocycles. The fraction of sp³-hybridized carbons (Fsp3) is 0.294. The van der Waals surface area contributed by atoms with Crippen LogP contribution in [0.15, 0.2) is 23.7 Å². The van der Waals surface area contributed by atoms with E-state index in [4.69, 9.17) is 11.6 Å². The van der Waals surface area contributed by atoms with Gasteiger partial charge in [-0.1, -0.05) is 11.6 Å². The highest BCUT2D eigenvalue weighted by molar-refractivity contribution is 7.09. The molecule has 3 aromatic rings. The number of rotatable bonds is 5. The van der Waals surface area contributed by atoms with Crippen molar-refractivity contribution in [1.82, 2.24) is 15.3 Å². The number of hydrogen-bond donors (Lipinski definition) is 2. The van der Waals surface area contributed by atoms with Gasteiger partial charge in [-0.05, 0) is 38.0 Å². The fourth-order valence-electron chi connectivity index (χ4n) is 2.54. The summed E-state index contributed by atoms with van der Waals surface area (Å²) in [5, 5.41) is 6.65. The summed E-state index contributed by atoms with van der Waals surface area (Å²) in [4.78, 5) is 19.6. The lowest BCUT2D eigenvalue weighted by atomic mass is 10.1. The van der Waals surface area contributed by atoms with Crippen LogP contribution in [0.4, 0.5) is 4.39 Å². The van der Waals surface area contributed by atoms with Crippen LogP contribution in [-0.2, 0) is 11.2 Å². The molecule has 4 nitrogen and oxygen atoms in total. The lowest BCUT2D eigenvalue weighted by Crippen LogP contribution is -2.29. The number of thiazole rings is 1. The van der Waals surface area contributed by atoms with E-state index in [1.807, 2.05) is 25.4 Å². The number of aromatic nitrogens is 2. The van der Waals surface area contributed by atoms with Crippen molar-refractivity contribution in [3.05, 3.63) is 50.8 Å².